The summed E-state index contributed by atoms with van der Waals surface area (Å²) in [5, 5.41) is 2.98. The zero-order chi connectivity index (χ0) is 11.0. The van der Waals surface area contributed by atoms with Crippen LogP contribution in [-0.4, -0.2) is 12.8 Å². The second-order valence-corrected chi connectivity index (χ2v) is 4.24. The SMILES string of the molecule is CNc1ccc(C(=O)C2CC2C)cc1N. The van der Waals surface area contributed by atoms with Crippen molar-refractivity contribution in [3.8, 4) is 0 Å². The first-order chi connectivity index (χ1) is 7.13. The first-order valence-electron chi connectivity index (χ1n) is 5.25. The topological polar surface area (TPSA) is 55.1 Å². The molecule has 0 radical (unpaired) electrons. The van der Waals surface area contributed by atoms with E-state index in [0.29, 0.717) is 11.6 Å². The summed E-state index contributed by atoms with van der Waals surface area (Å²) in [6.07, 6.45) is 1.02. The average molecular weight is 204 g/mol. The number of hydrogen-bond acceptors (Lipinski definition) is 3. The molecule has 80 valence electrons. The van der Waals surface area contributed by atoms with Crippen LogP contribution in [0.4, 0.5) is 11.4 Å². The average Bonchev–Trinajstić information content (AvgIpc) is 2.94. The van der Waals surface area contributed by atoms with Crippen LogP contribution in [0.2, 0.25) is 0 Å². The molecular formula is C12H16N2O. The number of carbonyl (C=O) groups is 1. The quantitative estimate of drug-likeness (QED) is 0.586. The van der Waals surface area contributed by atoms with Crippen molar-refractivity contribution in [3.05, 3.63) is 23.8 Å². The van der Waals surface area contributed by atoms with Crippen molar-refractivity contribution in [2.75, 3.05) is 18.1 Å². The van der Waals surface area contributed by atoms with Crippen LogP contribution in [0.3, 0.4) is 0 Å². The van der Waals surface area contributed by atoms with Gasteiger partial charge in [0.15, 0.2) is 5.78 Å². The molecule has 15 heavy (non-hydrogen) atoms. The fourth-order valence-corrected chi connectivity index (χ4v) is 1.85. The van der Waals surface area contributed by atoms with Crippen molar-refractivity contribution in [1.82, 2.24) is 0 Å². The van der Waals surface area contributed by atoms with Crippen LogP contribution in [0.1, 0.15) is 23.7 Å². The van der Waals surface area contributed by atoms with E-state index in [4.69, 9.17) is 5.73 Å². The number of carbonyl (C=O) groups excluding carboxylic acids is 1. The standard InChI is InChI=1S/C12H16N2O/c1-7-5-9(7)12(15)8-3-4-11(14-2)10(13)6-8/h3-4,6-7,9,14H,5,13H2,1-2H3. The molecule has 2 rings (SSSR count). The summed E-state index contributed by atoms with van der Waals surface area (Å²) >= 11 is 0. The number of ketones is 1. The number of nitrogen functional groups attached to an aromatic ring is 1. The van der Waals surface area contributed by atoms with E-state index in [1.54, 1.807) is 6.07 Å². The van der Waals surface area contributed by atoms with Crippen molar-refractivity contribution in [2.24, 2.45) is 11.8 Å². The Morgan fingerprint density at radius 1 is 1.53 bits per heavy atom. The molecule has 3 nitrogen and oxygen atoms in total. The van der Waals surface area contributed by atoms with Gasteiger partial charge in [-0.3, -0.25) is 4.79 Å². The van der Waals surface area contributed by atoms with Gasteiger partial charge in [-0.05, 0) is 30.5 Å². The molecule has 2 unspecified atom stereocenters. The minimum atomic E-state index is 0.227. The molecule has 0 saturated heterocycles. The molecule has 0 amide bonds. The Labute approximate surface area is 89.7 Å². The van der Waals surface area contributed by atoms with Crippen LogP contribution in [0.5, 0.6) is 0 Å². The van der Waals surface area contributed by atoms with Crippen LogP contribution in [0, 0.1) is 11.8 Å². The van der Waals surface area contributed by atoms with E-state index in [1.807, 2.05) is 19.2 Å². The smallest absolute Gasteiger partial charge is 0.166 e. The molecule has 1 fully saturated rings. The number of hydrogen-bond donors (Lipinski definition) is 2. The highest BCUT2D eigenvalue weighted by atomic mass is 16.1. The van der Waals surface area contributed by atoms with Crippen molar-refractivity contribution < 1.29 is 4.79 Å². The highest BCUT2D eigenvalue weighted by Crippen LogP contribution is 2.40. The summed E-state index contributed by atoms with van der Waals surface area (Å²) in [7, 11) is 1.82. The molecule has 0 aromatic heterocycles. The Hall–Kier alpha value is -1.51. The number of benzene rings is 1. The van der Waals surface area contributed by atoms with Gasteiger partial charge < -0.3 is 11.1 Å². The predicted octanol–water partition coefficient (Wildman–Crippen LogP) is 2.15. The molecule has 0 bridgehead atoms. The lowest BCUT2D eigenvalue weighted by molar-refractivity contribution is 0.0962. The lowest BCUT2D eigenvalue weighted by atomic mass is 10.0. The van der Waals surface area contributed by atoms with Gasteiger partial charge in [0.25, 0.3) is 0 Å². The second kappa shape index (κ2) is 3.57. The van der Waals surface area contributed by atoms with Gasteiger partial charge in [-0.2, -0.15) is 0 Å². The molecule has 1 aromatic carbocycles. The Morgan fingerprint density at radius 3 is 2.67 bits per heavy atom. The zero-order valence-corrected chi connectivity index (χ0v) is 9.08. The van der Waals surface area contributed by atoms with Gasteiger partial charge in [0.05, 0.1) is 11.4 Å². The van der Waals surface area contributed by atoms with Gasteiger partial charge in [-0.25, -0.2) is 0 Å². The molecule has 2 atom stereocenters. The largest absolute Gasteiger partial charge is 0.397 e. The maximum atomic E-state index is 11.9. The van der Waals surface area contributed by atoms with Gasteiger partial charge in [0.1, 0.15) is 0 Å². The lowest BCUT2D eigenvalue weighted by Crippen LogP contribution is -2.05. The van der Waals surface area contributed by atoms with Crippen LogP contribution >= 0.6 is 0 Å². The lowest BCUT2D eigenvalue weighted by Gasteiger charge is -2.06. The Morgan fingerprint density at radius 2 is 2.20 bits per heavy atom. The van der Waals surface area contributed by atoms with Crippen molar-refractivity contribution in [1.29, 1.82) is 0 Å². The Bertz CT molecular complexity index is 401. The summed E-state index contributed by atoms with van der Waals surface area (Å²) in [5.41, 5.74) is 8.05. The van der Waals surface area contributed by atoms with Gasteiger partial charge in [0, 0.05) is 18.5 Å². The first kappa shape index (κ1) is 10.0. The summed E-state index contributed by atoms with van der Waals surface area (Å²) in [6, 6.07) is 5.46. The molecule has 0 aliphatic heterocycles. The minimum absolute atomic E-state index is 0.227. The number of anilines is 2. The van der Waals surface area contributed by atoms with E-state index in [9.17, 15) is 4.79 Å². The molecule has 1 aromatic rings. The van der Waals surface area contributed by atoms with Crippen molar-refractivity contribution >= 4 is 17.2 Å². The Kier molecular flexibility index (Phi) is 2.39. The van der Waals surface area contributed by atoms with Gasteiger partial charge in [-0.1, -0.05) is 6.92 Å². The third kappa shape index (κ3) is 1.82. The third-order valence-corrected chi connectivity index (χ3v) is 3.05. The zero-order valence-electron chi connectivity index (χ0n) is 9.08. The monoisotopic (exact) mass is 204 g/mol. The normalized spacial score (nSPS) is 23.6. The molecule has 3 heteroatoms. The summed E-state index contributed by atoms with van der Waals surface area (Å²) in [5.74, 6) is 1.00. The fraction of sp³-hybridized carbons (Fsp3) is 0.417. The highest BCUT2D eigenvalue weighted by Gasteiger charge is 2.39. The molecule has 0 heterocycles. The highest BCUT2D eigenvalue weighted by molar-refractivity contribution is 6.01. The van der Waals surface area contributed by atoms with E-state index < -0.39 is 0 Å². The van der Waals surface area contributed by atoms with E-state index in [1.165, 1.54) is 0 Å². The molecule has 3 N–H and O–H groups in total. The molecule has 0 spiro atoms. The van der Waals surface area contributed by atoms with Crippen LogP contribution in [0.25, 0.3) is 0 Å². The van der Waals surface area contributed by atoms with E-state index in [2.05, 4.69) is 12.2 Å². The number of nitrogens with one attached hydrogen (secondary N) is 1. The maximum Gasteiger partial charge on any atom is 0.166 e. The van der Waals surface area contributed by atoms with Crippen LogP contribution < -0.4 is 11.1 Å². The summed E-state index contributed by atoms with van der Waals surface area (Å²) in [4.78, 5) is 11.9. The van der Waals surface area contributed by atoms with Crippen molar-refractivity contribution in [3.63, 3.8) is 0 Å². The number of nitrogens with two attached hydrogens (primary N) is 1. The number of rotatable bonds is 3. The van der Waals surface area contributed by atoms with E-state index >= 15 is 0 Å². The molecule has 1 aliphatic carbocycles. The molecular weight excluding hydrogens is 188 g/mol. The Balaban J connectivity index is 2.22. The minimum Gasteiger partial charge on any atom is -0.397 e. The predicted molar refractivity (Wildman–Crippen MR) is 62.0 cm³/mol. The fourth-order valence-electron chi connectivity index (χ4n) is 1.85. The van der Waals surface area contributed by atoms with Crippen molar-refractivity contribution in [2.45, 2.75) is 13.3 Å². The van der Waals surface area contributed by atoms with E-state index in [0.717, 1.165) is 17.7 Å². The van der Waals surface area contributed by atoms with Crippen LogP contribution in [-0.2, 0) is 0 Å². The summed E-state index contributed by atoms with van der Waals surface area (Å²) in [6.45, 7) is 2.11. The third-order valence-electron chi connectivity index (χ3n) is 3.05. The summed E-state index contributed by atoms with van der Waals surface area (Å²) < 4.78 is 0. The van der Waals surface area contributed by atoms with E-state index in [-0.39, 0.29) is 11.7 Å². The first-order valence-corrected chi connectivity index (χ1v) is 5.25. The maximum absolute atomic E-state index is 11.9. The second-order valence-electron chi connectivity index (χ2n) is 4.24. The molecule has 1 saturated carbocycles. The van der Waals surface area contributed by atoms with Gasteiger partial charge in [-0.15, -0.1) is 0 Å². The van der Waals surface area contributed by atoms with Gasteiger partial charge >= 0.3 is 0 Å². The van der Waals surface area contributed by atoms with Gasteiger partial charge in [0.2, 0.25) is 0 Å². The number of Topliss-reactive ketones (excluding diaryl/α,β-unsaturated/α-hetero) is 1. The molecule has 1 aliphatic rings. The van der Waals surface area contributed by atoms with Crippen LogP contribution in [0.15, 0.2) is 18.2 Å².